The van der Waals surface area contributed by atoms with Gasteiger partial charge in [-0.1, -0.05) is 30.3 Å². The predicted octanol–water partition coefficient (Wildman–Crippen LogP) is 5.61. The molecule has 0 bridgehead atoms. The Kier molecular flexibility index (Phi) is 7.04. The molecule has 1 aromatic heterocycles. The van der Waals surface area contributed by atoms with Crippen LogP contribution in [-0.2, 0) is 30.2 Å². The number of nitrogens with two attached hydrogens (primary N) is 1. The van der Waals surface area contributed by atoms with Crippen molar-refractivity contribution in [2.75, 3.05) is 12.3 Å². The summed E-state index contributed by atoms with van der Waals surface area (Å²) in [7, 11) is 0. The summed E-state index contributed by atoms with van der Waals surface area (Å²) in [6.45, 7) is 0.483. The monoisotopic (exact) mass is 500 g/mol. The molecule has 0 amide bonds. The highest BCUT2D eigenvalue weighted by Crippen LogP contribution is 2.38. The number of hydrogen-bond acceptors (Lipinski definition) is 6. The van der Waals surface area contributed by atoms with E-state index in [4.69, 9.17) is 15.0 Å². The van der Waals surface area contributed by atoms with Gasteiger partial charge in [-0.3, -0.25) is 4.90 Å². The summed E-state index contributed by atoms with van der Waals surface area (Å²) < 4.78 is 90.5. The van der Waals surface area contributed by atoms with Gasteiger partial charge in [-0.05, 0) is 53.9 Å². The zero-order valence-electron chi connectivity index (χ0n) is 18.3. The maximum atomic E-state index is 13.2. The third-order valence-electron chi connectivity index (χ3n) is 5.75. The van der Waals surface area contributed by atoms with Crippen LogP contribution >= 0.6 is 0 Å². The van der Waals surface area contributed by atoms with E-state index in [2.05, 4.69) is 10.1 Å². The van der Waals surface area contributed by atoms with Crippen LogP contribution in [0.25, 0.3) is 0 Å². The molecule has 35 heavy (non-hydrogen) atoms. The third-order valence-corrected chi connectivity index (χ3v) is 5.75. The Balaban J connectivity index is 1.59. The van der Waals surface area contributed by atoms with Crippen LogP contribution in [0.15, 0.2) is 53.1 Å². The molecule has 4 rings (SSSR count). The molecule has 0 saturated carbocycles. The van der Waals surface area contributed by atoms with Crippen LogP contribution < -0.4 is 5.73 Å². The highest BCUT2D eigenvalue weighted by atomic mass is 19.4. The summed E-state index contributed by atoms with van der Waals surface area (Å²) in [5.41, 5.74) is 3.47. The number of nitrogen functional groups attached to an aromatic ring is 1. The van der Waals surface area contributed by atoms with Crippen molar-refractivity contribution in [1.29, 1.82) is 0 Å². The van der Waals surface area contributed by atoms with E-state index in [1.807, 2.05) is 35.2 Å². The second-order valence-corrected chi connectivity index (χ2v) is 8.28. The first-order chi connectivity index (χ1) is 16.5. The smallest absolute Gasteiger partial charge is 0.372 e. The fraction of sp³-hybridized carbons (Fsp3) is 0.391. The van der Waals surface area contributed by atoms with Crippen LogP contribution in [0.1, 0.15) is 47.0 Å². The van der Waals surface area contributed by atoms with E-state index in [0.717, 1.165) is 5.56 Å². The lowest BCUT2D eigenvalue weighted by molar-refractivity contribution is -0.143. The van der Waals surface area contributed by atoms with E-state index in [-0.39, 0.29) is 36.1 Å². The summed E-state index contributed by atoms with van der Waals surface area (Å²) in [5, 5.41) is 3.58. The minimum Gasteiger partial charge on any atom is -0.372 e. The molecule has 3 aromatic rings. The van der Waals surface area contributed by atoms with Gasteiger partial charge in [0.25, 0.3) is 5.95 Å². The van der Waals surface area contributed by atoms with Gasteiger partial charge in [0.15, 0.2) is 0 Å². The minimum atomic E-state index is -4.92. The Morgan fingerprint density at radius 3 is 2.23 bits per heavy atom. The van der Waals surface area contributed by atoms with Gasteiger partial charge in [0, 0.05) is 0 Å². The molecule has 2 atom stereocenters. The van der Waals surface area contributed by atoms with Crippen LogP contribution in [0.3, 0.4) is 0 Å². The fourth-order valence-electron chi connectivity index (χ4n) is 4.27. The molecule has 0 spiro atoms. The average Bonchev–Trinajstić information content (AvgIpc) is 3.21. The van der Waals surface area contributed by atoms with Crippen molar-refractivity contribution in [3.8, 4) is 0 Å². The third kappa shape index (κ3) is 6.12. The molecule has 1 aliphatic heterocycles. The molecule has 2 heterocycles. The summed E-state index contributed by atoms with van der Waals surface area (Å²) in [5.74, 6) is 0.280. The van der Waals surface area contributed by atoms with Gasteiger partial charge in [-0.2, -0.15) is 31.3 Å². The number of ether oxygens (including phenoxy) is 1. The Hall–Kier alpha value is -3.12. The number of alkyl halides is 6. The Morgan fingerprint density at radius 2 is 1.66 bits per heavy atom. The zero-order chi connectivity index (χ0) is 25.2. The van der Waals surface area contributed by atoms with Crippen LogP contribution in [0.5, 0.6) is 0 Å². The van der Waals surface area contributed by atoms with Gasteiger partial charge < -0.3 is 15.0 Å². The maximum absolute atomic E-state index is 13.2. The van der Waals surface area contributed by atoms with Crippen molar-refractivity contribution in [1.82, 2.24) is 15.0 Å². The quantitative estimate of drug-likeness (QED) is 0.444. The first-order valence-corrected chi connectivity index (χ1v) is 10.8. The Morgan fingerprint density at radius 1 is 1.00 bits per heavy atom. The van der Waals surface area contributed by atoms with Crippen molar-refractivity contribution in [2.45, 2.75) is 50.5 Å². The van der Waals surface area contributed by atoms with Crippen molar-refractivity contribution >= 4 is 5.95 Å². The molecule has 2 N–H and O–H groups in total. The van der Waals surface area contributed by atoms with Gasteiger partial charge in [0.1, 0.15) is 0 Å². The van der Waals surface area contributed by atoms with Crippen molar-refractivity contribution in [2.24, 2.45) is 0 Å². The molecule has 0 aliphatic carbocycles. The molecule has 1 fully saturated rings. The highest BCUT2D eigenvalue weighted by molar-refractivity contribution is 5.33. The van der Waals surface area contributed by atoms with E-state index in [1.165, 1.54) is 0 Å². The highest BCUT2D eigenvalue weighted by Gasteiger charge is 2.38. The maximum Gasteiger partial charge on any atom is 0.416 e. The summed E-state index contributed by atoms with van der Waals surface area (Å²) in [4.78, 5) is 6.04. The minimum absolute atomic E-state index is 0.00825. The van der Waals surface area contributed by atoms with E-state index < -0.39 is 36.2 Å². The topological polar surface area (TPSA) is 77.4 Å². The second kappa shape index (κ2) is 9.86. The van der Waals surface area contributed by atoms with E-state index in [9.17, 15) is 26.3 Å². The predicted molar refractivity (Wildman–Crippen MR) is 113 cm³/mol. The molecule has 12 heteroatoms. The Bertz CT molecular complexity index is 1100. The number of likely N-dealkylation sites (tertiary alicyclic amines) is 1. The number of hydrogen-bond donors (Lipinski definition) is 1. The second-order valence-electron chi connectivity index (χ2n) is 8.28. The standard InChI is InChI=1S/C23H22F6N4O2/c24-22(25,26)16-9-14(10-17(11-16)23(27,28)29)13-34-18-7-4-8-33(12-19-31-21(30)32-35-19)20(18)15-5-2-1-3-6-15/h1-3,5-6,9-11,18,20H,4,7-8,12-13H2,(H2,30,32)/t18-,20-/m1/s1. The zero-order valence-corrected chi connectivity index (χ0v) is 18.3. The normalized spacial score (nSPS) is 19.7. The average molecular weight is 500 g/mol. The summed E-state index contributed by atoms with van der Waals surface area (Å²) >= 11 is 0. The molecule has 1 aliphatic rings. The van der Waals surface area contributed by atoms with Gasteiger partial charge in [0.05, 0.1) is 36.4 Å². The van der Waals surface area contributed by atoms with Crippen molar-refractivity contribution in [3.63, 3.8) is 0 Å². The van der Waals surface area contributed by atoms with Crippen LogP contribution in [0, 0.1) is 0 Å². The molecular formula is C23H22F6N4O2. The van der Waals surface area contributed by atoms with E-state index >= 15 is 0 Å². The number of halogens is 6. The lowest BCUT2D eigenvalue weighted by atomic mass is 9.92. The first-order valence-electron chi connectivity index (χ1n) is 10.8. The lowest BCUT2D eigenvalue weighted by Gasteiger charge is -2.40. The Labute approximate surface area is 196 Å². The molecular weight excluding hydrogens is 478 g/mol. The summed E-state index contributed by atoms with van der Waals surface area (Å²) in [6, 6.07) is 10.4. The lowest BCUT2D eigenvalue weighted by Crippen LogP contribution is -2.42. The molecule has 0 radical (unpaired) electrons. The number of piperidine rings is 1. The van der Waals surface area contributed by atoms with Gasteiger partial charge >= 0.3 is 12.4 Å². The van der Waals surface area contributed by atoms with E-state index in [1.54, 1.807) is 0 Å². The van der Waals surface area contributed by atoms with Crippen LogP contribution in [0.4, 0.5) is 32.3 Å². The van der Waals surface area contributed by atoms with Gasteiger partial charge in [-0.25, -0.2) is 0 Å². The van der Waals surface area contributed by atoms with Crippen molar-refractivity contribution < 1.29 is 35.6 Å². The van der Waals surface area contributed by atoms with Crippen molar-refractivity contribution in [3.05, 3.63) is 76.7 Å². The first kappa shape index (κ1) is 25.0. The van der Waals surface area contributed by atoms with Gasteiger partial charge in [0.2, 0.25) is 5.89 Å². The SMILES string of the molecule is Nc1noc(CN2CCC[C@@H](OCc3cc(C(F)(F)F)cc(C(F)(F)F)c3)[C@H]2c2ccccc2)n1. The molecule has 2 aromatic carbocycles. The number of rotatable bonds is 6. The largest absolute Gasteiger partial charge is 0.416 e. The molecule has 1 saturated heterocycles. The number of nitrogens with zero attached hydrogens (tertiary/aromatic N) is 3. The van der Waals surface area contributed by atoms with Gasteiger partial charge in [-0.15, -0.1) is 0 Å². The number of anilines is 1. The summed E-state index contributed by atoms with van der Waals surface area (Å²) in [6.07, 6.45) is -9.09. The molecule has 188 valence electrons. The molecule has 6 nitrogen and oxygen atoms in total. The molecule has 0 unspecified atom stereocenters. The van der Waals surface area contributed by atoms with Crippen LogP contribution in [0.2, 0.25) is 0 Å². The fourth-order valence-corrected chi connectivity index (χ4v) is 4.27. The number of aromatic nitrogens is 2. The van der Waals surface area contributed by atoms with Crippen LogP contribution in [-0.4, -0.2) is 27.7 Å². The number of benzene rings is 2. The van der Waals surface area contributed by atoms with E-state index in [0.29, 0.717) is 31.5 Å².